The minimum Gasteiger partial charge on any atom is -0.477 e. The van der Waals surface area contributed by atoms with Crippen LogP contribution in [0.15, 0.2) is 60.8 Å². The van der Waals surface area contributed by atoms with Crippen molar-refractivity contribution in [2.75, 3.05) is 13.2 Å². The topological polar surface area (TPSA) is 25.4 Å². The third-order valence-corrected chi connectivity index (χ3v) is 5.93. The maximum absolute atomic E-state index is 13.4. The van der Waals surface area contributed by atoms with Crippen LogP contribution in [0, 0.1) is 0 Å². The lowest BCUT2D eigenvalue weighted by Gasteiger charge is -2.33. The average molecular weight is 517 g/mol. The Morgan fingerprint density at radius 2 is 1.54 bits per heavy atom. The lowest BCUT2D eigenvalue weighted by atomic mass is 9.97. The van der Waals surface area contributed by atoms with Crippen LogP contribution in [0.2, 0.25) is 0 Å². The van der Waals surface area contributed by atoms with Crippen molar-refractivity contribution in [3.8, 4) is 17.0 Å². The second-order valence-corrected chi connectivity index (χ2v) is 8.20. The third kappa shape index (κ3) is 6.08. The molecule has 4 rings (SSSR count). The summed E-state index contributed by atoms with van der Waals surface area (Å²) in [5.41, 5.74) is -0.169. The summed E-state index contributed by atoms with van der Waals surface area (Å²) in [7, 11) is 0. The van der Waals surface area contributed by atoms with Gasteiger partial charge in [0.1, 0.15) is 0 Å². The third-order valence-electron chi connectivity index (χ3n) is 5.93. The number of pyridine rings is 1. The minimum atomic E-state index is -4.89. The van der Waals surface area contributed by atoms with Gasteiger partial charge in [0.25, 0.3) is 0 Å². The van der Waals surface area contributed by atoms with Crippen molar-refractivity contribution in [1.82, 2.24) is 9.88 Å². The van der Waals surface area contributed by atoms with Crippen LogP contribution in [0.4, 0.5) is 26.3 Å². The van der Waals surface area contributed by atoms with Gasteiger partial charge in [-0.05, 0) is 54.3 Å². The molecular weight excluding hydrogens is 494 g/mol. The van der Waals surface area contributed by atoms with Crippen molar-refractivity contribution in [3.63, 3.8) is 0 Å². The zero-order valence-corrected chi connectivity index (χ0v) is 19.5. The second kappa shape index (κ2) is 10.5. The highest BCUT2D eigenvalue weighted by molar-refractivity contribution is 5.85. The predicted octanol–water partition coefficient (Wildman–Crippen LogP) is 7.55. The molecule has 0 amide bonds. The molecule has 2 heterocycles. The largest absolute Gasteiger partial charge is 0.477 e. The van der Waals surface area contributed by atoms with Crippen molar-refractivity contribution in [2.24, 2.45) is 0 Å². The molecule has 0 radical (unpaired) electrons. The van der Waals surface area contributed by atoms with Gasteiger partial charge in [-0.25, -0.2) is 4.98 Å². The van der Waals surface area contributed by atoms with E-state index < -0.39 is 29.5 Å². The summed E-state index contributed by atoms with van der Waals surface area (Å²) in [4.78, 5) is 6.19. The fraction of sp³-hybridized carbons (Fsp3) is 0.320. The predicted molar refractivity (Wildman–Crippen MR) is 122 cm³/mol. The molecule has 0 N–H and O–H groups in total. The van der Waals surface area contributed by atoms with E-state index in [9.17, 15) is 26.3 Å². The number of hydrogen-bond donors (Lipinski definition) is 0. The molecule has 1 aromatic heterocycles. The van der Waals surface area contributed by atoms with Gasteiger partial charge in [-0.2, -0.15) is 26.3 Å². The Labute approximate surface area is 205 Å². The van der Waals surface area contributed by atoms with Gasteiger partial charge in [-0.3, -0.25) is 4.90 Å². The van der Waals surface area contributed by atoms with E-state index in [1.807, 2.05) is 41.3 Å². The van der Waals surface area contributed by atoms with Crippen LogP contribution < -0.4 is 4.74 Å². The number of alkyl halides is 6. The van der Waals surface area contributed by atoms with E-state index in [0.29, 0.717) is 25.5 Å². The summed E-state index contributed by atoms with van der Waals surface area (Å²) >= 11 is 0. The zero-order chi connectivity index (χ0) is 24.5. The van der Waals surface area contributed by atoms with Gasteiger partial charge in [-0.15, -0.1) is 12.4 Å². The molecule has 1 aliphatic heterocycles. The van der Waals surface area contributed by atoms with Crippen LogP contribution in [-0.2, 0) is 18.9 Å². The normalized spacial score (nSPS) is 15.7. The van der Waals surface area contributed by atoms with Gasteiger partial charge >= 0.3 is 12.4 Å². The number of benzene rings is 2. The SMILES string of the molecule is CC(c1cc(C(F)(F)F)cc(C(F)(F)F)c1)N1CCCOc2nccc(-c3ccccc3)c2C1.Cl. The molecule has 35 heavy (non-hydrogen) atoms. The van der Waals surface area contributed by atoms with Crippen LogP contribution in [0.1, 0.15) is 41.6 Å². The van der Waals surface area contributed by atoms with E-state index >= 15 is 0 Å². The molecule has 0 saturated carbocycles. The number of ether oxygens (including phenoxy) is 1. The first-order chi connectivity index (χ1) is 16.0. The Kier molecular flexibility index (Phi) is 8.01. The van der Waals surface area contributed by atoms with Gasteiger partial charge < -0.3 is 4.74 Å². The summed E-state index contributed by atoms with van der Waals surface area (Å²) in [6.45, 7) is 2.64. The fourth-order valence-corrected chi connectivity index (χ4v) is 4.12. The van der Waals surface area contributed by atoms with Crippen molar-refractivity contribution >= 4 is 12.4 Å². The van der Waals surface area contributed by atoms with Crippen molar-refractivity contribution in [3.05, 3.63) is 83.0 Å². The zero-order valence-electron chi connectivity index (χ0n) is 18.7. The summed E-state index contributed by atoms with van der Waals surface area (Å²) in [5.74, 6) is 0.415. The van der Waals surface area contributed by atoms with Crippen LogP contribution in [0.25, 0.3) is 11.1 Å². The molecule has 0 aliphatic carbocycles. The Balaban J connectivity index is 0.00000342. The van der Waals surface area contributed by atoms with Crippen LogP contribution in [0.3, 0.4) is 0 Å². The van der Waals surface area contributed by atoms with Crippen molar-refractivity contribution in [1.29, 1.82) is 0 Å². The molecule has 0 bridgehead atoms. The highest BCUT2D eigenvalue weighted by atomic mass is 35.5. The number of rotatable bonds is 3. The van der Waals surface area contributed by atoms with Gasteiger partial charge in [0.15, 0.2) is 0 Å². The summed E-state index contributed by atoms with van der Waals surface area (Å²) in [5, 5.41) is 0. The van der Waals surface area contributed by atoms with Gasteiger partial charge in [0.05, 0.1) is 17.7 Å². The number of fused-ring (bicyclic) bond motifs is 1. The Bertz CT molecular complexity index is 1120. The molecule has 2 aromatic carbocycles. The molecule has 0 spiro atoms. The van der Waals surface area contributed by atoms with E-state index in [0.717, 1.165) is 28.8 Å². The maximum atomic E-state index is 13.4. The fourth-order valence-electron chi connectivity index (χ4n) is 4.12. The molecule has 3 aromatic rings. The molecule has 0 saturated heterocycles. The number of aromatic nitrogens is 1. The Morgan fingerprint density at radius 3 is 2.14 bits per heavy atom. The molecule has 10 heteroatoms. The smallest absolute Gasteiger partial charge is 0.416 e. The highest BCUT2D eigenvalue weighted by Crippen LogP contribution is 2.39. The maximum Gasteiger partial charge on any atom is 0.416 e. The quantitative estimate of drug-likeness (QED) is 0.336. The summed E-state index contributed by atoms with van der Waals surface area (Å²) in [6.07, 6.45) is -7.61. The van der Waals surface area contributed by atoms with Crippen LogP contribution in [-0.4, -0.2) is 23.0 Å². The van der Waals surface area contributed by atoms with Crippen LogP contribution in [0.5, 0.6) is 5.88 Å². The number of hydrogen-bond acceptors (Lipinski definition) is 3. The van der Waals surface area contributed by atoms with E-state index in [1.165, 1.54) is 0 Å². The van der Waals surface area contributed by atoms with E-state index in [-0.39, 0.29) is 30.6 Å². The average Bonchev–Trinajstić information content (AvgIpc) is 2.78. The minimum absolute atomic E-state index is 0. The second-order valence-electron chi connectivity index (χ2n) is 8.20. The van der Waals surface area contributed by atoms with E-state index in [1.54, 1.807) is 13.1 Å². The van der Waals surface area contributed by atoms with Gasteiger partial charge in [0.2, 0.25) is 5.88 Å². The molecule has 1 unspecified atom stereocenters. The summed E-state index contributed by atoms with van der Waals surface area (Å²) in [6, 6.07) is 12.4. The lowest BCUT2D eigenvalue weighted by molar-refractivity contribution is -0.143. The highest BCUT2D eigenvalue weighted by Gasteiger charge is 2.38. The van der Waals surface area contributed by atoms with Crippen molar-refractivity contribution < 1.29 is 31.1 Å². The van der Waals surface area contributed by atoms with Gasteiger partial charge in [-0.1, -0.05) is 30.3 Å². The first-order valence-electron chi connectivity index (χ1n) is 10.7. The lowest BCUT2D eigenvalue weighted by Crippen LogP contribution is -2.31. The van der Waals surface area contributed by atoms with Crippen LogP contribution >= 0.6 is 12.4 Å². The number of nitrogens with zero attached hydrogens (tertiary/aromatic N) is 2. The van der Waals surface area contributed by atoms with E-state index in [4.69, 9.17) is 4.74 Å². The Hall–Kier alpha value is -2.78. The van der Waals surface area contributed by atoms with Crippen molar-refractivity contribution in [2.45, 2.75) is 38.3 Å². The van der Waals surface area contributed by atoms with E-state index in [2.05, 4.69) is 4.98 Å². The molecule has 0 fully saturated rings. The van der Waals surface area contributed by atoms with Gasteiger partial charge in [0, 0.05) is 30.9 Å². The molecule has 188 valence electrons. The standard InChI is InChI=1S/C25H22F6N2O.ClH/c1-16(18-12-19(24(26,27)28)14-20(13-18)25(29,30)31)33-10-5-11-34-23-22(15-33)21(8-9-32-23)17-6-3-2-4-7-17;/h2-4,6-9,12-14,16H,5,10-11,15H2,1H3;1H. The summed E-state index contributed by atoms with van der Waals surface area (Å²) < 4.78 is 86.2. The monoisotopic (exact) mass is 516 g/mol. The molecule has 1 atom stereocenters. The molecular formula is C25H23ClF6N2O. The first-order valence-corrected chi connectivity index (χ1v) is 10.7. The molecule has 3 nitrogen and oxygen atoms in total. The first kappa shape index (κ1) is 26.8. The number of halogens is 7. The Morgan fingerprint density at radius 1 is 0.914 bits per heavy atom. The molecule has 1 aliphatic rings.